The average molecular weight is 246 g/mol. The first kappa shape index (κ1) is 12.5. The lowest BCUT2D eigenvalue weighted by molar-refractivity contribution is 0.0999. The Hall–Kier alpha value is -1.91. The van der Waals surface area contributed by atoms with Gasteiger partial charge in [-0.25, -0.2) is 9.97 Å². The van der Waals surface area contributed by atoms with Crippen LogP contribution in [0.25, 0.3) is 5.78 Å². The minimum absolute atomic E-state index is 0.400. The standard InChI is InChI=1S/C13H18N4O/c1-2-3-4-5-6-11-9-17-8-10(12(14)18)7-15-13(17)16-11/h7-9H,2-6H2,1H3,(H2,14,18). The molecule has 0 radical (unpaired) electrons. The van der Waals surface area contributed by atoms with Crippen LogP contribution < -0.4 is 5.73 Å². The first-order valence-corrected chi connectivity index (χ1v) is 6.34. The number of unbranched alkanes of at least 4 members (excludes halogenated alkanes) is 3. The molecule has 0 aliphatic rings. The number of carbonyl (C=O) groups excluding carboxylic acids is 1. The molecule has 96 valence electrons. The predicted molar refractivity (Wildman–Crippen MR) is 69.4 cm³/mol. The van der Waals surface area contributed by atoms with Gasteiger partial charge in [0.25, 0.3) is 5.91 Å². The highest BCUT2D eigenvalue weighted by Gasteiger charge is 2.06. The fraction of sp³-hybridized carbons (Fsp3) is 0.462. The second-order valence-electron chi connectivity index (χ2n) is 4.46. The minimum Gasteiger partial charge on any atom is -0.366 e. The van der Waals surface area contributed by atoms with Crippen molar-refractivity contribution in [3.05, 3.63) is 29.8 Å². The average Bonchev–Trinajstić information content (AvgIpc) is 2.76. The summed E-state index contributed by atoms with van der Waals surface area (Å²) < 4.78 is 1.76. The van der Waals surface area contributed by atoms with Crippen LogP contribution in [-0.4, -0.2) is 20.3 Å². The molecule has 5 heteroatoms. The molecule has 2 heterocycles. The summed E-state index contributed by atoms with van der Waals surface area (Å²) in [6.45, 7) is 2.19. The largest absolute Gasteiger partial charge is 0.366 e. The Balaban J connectivity index is 2.09. The number of rotatable bonds is 6. The highest BCUT2D eigenvalue weighted by Crippen LogP contribution is 2.09. The van der Waals surface area contributed by atoms with Crippen molar-refractivity contribution in [1.29, 1.82) is 0 Å². The van der Waals surface area contributed by atoms with Crippen LogP contribution in [0.5, 0.6) is 0 Å². The Bertz CT molecular complexity index is 547. The third kappa shape index (κ3) is 2.85. The normalized spacial score (nSPS) is 10.9. The van der Waals surface area contributed by atoms with Gasteiger partial charge in [-0.1, -0.05) is 26.2 Å². The fourth-order valence-electron chi connectivity index (χ4n) is 1.91. The molecule has 2 aromatic heterocycles. The molecule has 1 amide bonds. The molecule has 0 aromatic carbocycles. The van der Waals surface area contributed by atoms with Crippen LogP contribution in [0.15, 0.2) is 18.6 Å². The lowest BCUT2D eigenvalue weighted by Gasteiger charge is -1.95. The van der Waals surface area contributed by atoms with Crippen molar-refractivity contribution >= 4 is 11.7 Å². The van der Waals surface area contributed by atoms with Gasteiger partial charge in [-0.15, -0.1) is 0 Å². The van der Waals surface area contributed by atoms with Crippen molar-refractivity contribution < 1.29 is 4.79 Å². The number of imidazole rings is 1. The van der Waals surface area contributed by atoms with E-state index in [1.54, 1.807) is 10.6 Å². The maximum absolute atomic E-state index is 11.0. The predicted octanol–water partition coefficient (Wildman–Crippen LogP) is 1.95. The number of hydrogen-bond donors (Lipinski definition) is 1. The summed E-state index contributed by atoms with van der Waals surface area (Å²) in [5, 5.41) is 0. The lowest BCUT2D eigenvalue weighted by Crippen LogP contribution is -2.12. The number of amides is 1. The van der Waals surface area contributed by atoms with Crippen LogP contribution in [0.1, 0.15) is 48.7 Å². The number of carbonyl (C=O) groups is 1. The van der Waals surface area contributed by atoms with Gasteiger partial charge in [0.2, 0.25) is 5.78 Å². The highest BCUT2D eigenvalue weighted by molar-refractivity contribution is 5.92. The van der Waals surface area contributed by atoms with E-state index in [0.717, 1.165) is 18.5 Å². The van der Waals surface area contributed by atoms with Gasteiger partial charge in [0.1, 0.15) is 0 Å². The van der Waals surface area contributed by atoms with Gasteiger partial charge in [0.05, 0.1) is 11.3 Å². The molecule has 0 aliphatic heterocycles. The van der Waals surface area contributed by atoms with Crippen molar-refractivity contribution in [3.63, 3.8) is 0 Å². The zero-order valence-electron chi connectivity index (χ0n) is 10.6. The Morgan fingerprint density at radius 1 is 1.33 bits per heavy atom. The number of nitrogens with zero attached hydrogens (tertiary/aromatic N) is 3. The molecular formula is C13H18N4O. The summed E-state index contributed by atoms with van der Waals surface area (Å²) in [6, 6.07) is 0. The van der Waals surface area contributed by atoms with Crippen molar-refractivity contribution in [2.24, 2.45) is 5.73 Å². The van der Waals surface area contributed by atoms with Crippen molar-refractivity contribution in [2.45, 2.75) is 39.0 Å². The third-order valence-electron chi connectivity index (χ3n) is 2.93. The zero-order valence-corrected chi connectivity index (χ0v) is 10.6. The summed E-state index contributed by atoms with van der Waals surface area (Å²) in [7, 11) is 0. The topological polar surface area (TPSA) is 73.3 Å². The van der Waals surface area contributed by atoms with Crippen LogP contribution in [0.3, 0.4) is 0 Å². The molecule has 0 fully saturated rings. The van der Waals surface area contributed by atoms with E-state index in [1.807, 2.05) is 6.20 Å². The van der Waals surface area contributed by atoms with Gasteiger partial charge in [-0.05, 0) is 12.8 Å². The molecule has 0 saturated carbocycles. The van der Waals surface area contributed by atoms with Crippen LogP contribution >= 0.6 is 0 Å². The monoisotopic (exact) mass is 246 g/mol. The van der Waals surface area contributed by atoms with E-state index in [4.69, 9.17) is 5.73 Å². The van der Waals surface area contributed by atoms with Crippen LogP contribution in [-0.2, 0) is 6.42 Å². The third-order valence-corrected chi connectivity index (χ3v) is 2.93. The van der Waals surface area contributed by atoms with E-state index in [2.05, 4.69) is 16.9 Å². The summed E-state index contributed by atoms with van der Waals surface area (Å²) in [5.74, 6) is 0.146. The van der Waals surface area contributed by atoms with Crippen molar-refractivity contribution in [3.8, 4) is 0 Å². The molecule has 18 heavy (non-hydrogen) atoms. The van der Waals surface area contributed by atoms with Crippen LogP contribution in [0, 0.1) is 0 Å². The van der Waals surface area contributed by atoms with E-state index in [-0.39, 0.29) is 0 Å². The van der Waals surface area contributed by atoms with E-state index in [9.17, 15) is 4.79 Å². The number of hydrogen-bond acceptors (Lipinski definition) is 3. The number of fused-ring (bicyclic) bond motifs is 1. The number of primary amides is 1. The summed E-state index contributed by atoms with van der Waals surface area (Å²) >= 11 is 0. The van der Waals surface area contributed by atoms with Gasteiger partial charge >= 0.3 is 0 Å². The minimum atomic E-state index is -0.470. The van der Waals surface area contributed by atoms with E-state index in [1.165, 1.54) is 25.5 Å². The first-order chi connectivity index (χ1) is 8.70. The maximum Gasteiger partial charge on any atom is 0.251 e. The second-order valence-corrected chi connectivity index (χ2v) is 4.46. The lowest BCUT2D eigenvalue weighted by atomic mass is 10.1. The molecule has 5 nitrogen and oxygen atoms in total. The molecule has 2 rings (SSSR count). The SMILES string of the molecule is CCCCCCc1cn2cc(C(N)=O)cnc2n1. The summed E-state index contributed by atoms with van der Waals surface area (Å²) in [6.07, 6.45) is 10.9. The fourth-order valence-corrected chi connectivity index (χ4v) is 1.91. The summed E-state index contributed by atoms with van der Waals surface area (Å²) in [4.78, 5) is 19.6. The molecule has 2 N–H and O–H groups in total. The molecule has 0 bridgehead atoms. The van der Waals surface area contributed by atoms with Crippen LogP contribution in [0.2, 0.25) is 0 Å². The molecule has 0 atom stereocenters. The first-order valence-electron chi connectivity index (χ1n) is 6.34. The second kappa shape index (κ2) is 5.62. The van der Waals surface area contributed by atoms with Crippen molar-refractivity contribution in [1.82, 2.24) is 14.4 Å². The number of nitrogens with two attached hydrogens (primary N) is 1. The van der Waals surface area contributed by atoms with Crippen molar-refractivity contribution in [2.75, 3.05) is 0 Å². The maximum atomic E-state index is 11.0. The molecule has 2 aromatic rings. The Morgan fingerprint density at radius 3 is 2.89 bits per heavy atom. The summed E-state index contributed by atoms with van der Waals surface area (Å²) in [5.41, 5.74) is 6.63. The zero-order chi connectivity index (χ0) is 13.0. The smallest absolute Gasteiger partial charge is 0.251 e. The Kier molecular flexibility index (Phi) is 3.92. The molecule has 0 saturated heterocycles. The molecule has 0 unspecified atom stereocenters. The highest BCUT2D eigenvalue weighted by atomic mass is 16.1. The van der Waals surface area contributed by atoms with Gasteiger partial charge < -0.3 is 5.73 Å². The van der Waals surface area contributed by atoms with Gasteiger partial charge in [-0.3, -0.25) is 9.20 Å². The molecular weight excluding hydrogens is 228 g/mol. The van der Waals surface area contributed by atoms with E-state index < -0.39 is 5.91 Å². The number of aromatic nitrogens is 3. The Labute approximate surface area is 106 Å². The quantitative estimate of drug-likeness (QED) is 0.792. The Morgan fingerprint density at radius 2 is 2.17 bits per heavy atom. The van der Waals surface area contributed by atoms with E-state index >= 15 is 0 Å². The number of aryl methyl sites for hydroxylation is 1. The molecule has 0 spiro atoms. The molecule has 0 aliphatic carbocycles. The van der Waals surface area contributed by atoms with Gasteiger partial charge in [0, 0.05) is 18.6 Å². The van der Waals surface area contributed by atoms with E-state index in [0.29, 0.717) is 11.3 Å². The van der Waals surface area contributed by atoms with Crippen LogP contribution in [0.4, 0.5) is 0 Å². The van der Waals surface area contributed by atoms with Gasteiger partial charge in [0.15, 0.2) is 0 Å². The van der Waals surface area contributed by atoms with Gasteiger partial charge in [-0.2, -0.15) is 0 Å².